The molecule has 0 bridgehead atoms. The molecule has 264 valence electrons. The molecule has 51 heavy (non-hydrogen) atoms. The molecule has 1 unspecified atom stereocenters. The molecule has 0 radical (unpaired) electrons. The molecule has 11 heteroatoms. The van der Waals surface area contributed by atoms with E-state index in [4.69, 9.17) is 4.52 Å². The van der Waals surface area contributed by atoms with E-state index in [0.717, 1.165) is 70.8 Å². The average Bonchev–Trinajstić information content (AvgIpc) is 3.85. The second kappa shape index (κ2) is 14.9. The first-order valence-electron chi connectivity index (χ1n) is 17.4. The third kappa shape index (κ3) is 7.56. The highest BCUT2D eigenvalue weighted by Gasteiger charge is 2.44. The first kappa shape index (κ1) is 35.5. The smallest absolute Gasteiger partial charge is 0.243 e. The fourth-order valence-corrected chi connectivity index (χ4v) is 7.00. The van der Waals surface area contributed by atoms with Gasteiger partial charge in [-0.3, -0.25) is 24.6 Å². The number of anilines is 3. The molecule has 6 rings (SSSR count). The van der Waals surface area contributed by atoms with Gasteiger partial charge in [-0.05, 0) is 113 Å². The van der Waals surface area contributed by atoms with Gasteiger partial charge < -0.3 is 14.7 Å². The first-order chi connectivity index (χ1) is 24.5. The number of amides is 2. The van der Waals surface area contributed by atoms with Crippen LogP contribution in [-0.2, 0) is 21.5 Å². The van der Waals surface area contributed by atoms with Crippen LogP contribution < -0.4 is 15.5 Å². The Morgan fingerprint density at radius 3 is 2.51 bits per heavy atom. The van der Waals surface area contributed by atoms with Crippen LogP contribution in [0.15, 0.2) is 59.1 Å². The Morgan fingerprint density at radius 2 is 1.86 bits per heavy atom. The third-order valence-electron chi connectivity index (χ3n) is 10.2. The van der Waals surface area contributed by atoms with E-state index >= 15 is 4.39 Å². The predicted molar refractivity (Wildman–Crippen MR) is 193 cm³/mol. The van der Waals surface area contributed by atoms with Crippen LogP contribution in [0.3, 0.4) is 0 Å². The molecule has 1 saturated heterocycles. The summed E-state index contributed by atoms with van der Waals surface area (Å²) in [6.45, 7) is 7.29. The summed E-state index contributed by atoms with van der Waals surface area (Å²) in [7, 11) is 1.72. The minimum Gasteiger partial charge on any atom is -0.383 e. The van der Waals surface area contributed by atoms with Crippen molar-refractivity contribution in [1.29, 1.82) is 5.26 Å². The molecule has 4 aromatic rings. The van der Waals surface area contributed by atoms with Gasteiger partial charge in [-0.25, -0.2) is 4.39 Å². The van der Waals surface area contributed by atoms with Crippen molar-refractivity contribution in [3.8, 4) is 17.2 Å². The number of unbranched alkanes of at least 4 members (excludes halogenated alkanes) is 1. The molecule has 2 heterocycles. The van der Waals surface area contributed by atoms with E-state index in [2.05, 4.69) is 76.1 Å². The summed E-state index contributed by atoms with van der Waals surface area (Å²) < 4.78 is 20.8. The quantitative estimate of drug-likeness (QED) is 0.0813. The largest absolute Gasteiger partial charge is 0.383 e. The molecule has 1 aliphatic heterocycles. The first-order valence-corrected chi connectivity index (χ1v) is 17.4. The molecule has 2 amide bonds. The fourth-order valence-electron chi connectivity index (χ4n) is 7.00. The van der Waals surface area contributed by atoms with Crippen LogP contribution in [0.5, 0.6) is 0 Å². The second-order valence-electron chi connectivity index (χ2n) is 13.8. The van der Waals surface area contributed by atoms with E-state index in [1.165, 1.54) is 12.1 Å². The lowest BCUT2D eigenvalue weighted by Crippen LogP contribution is -2.51. The van der Waals surface area contributed by atoms with Gasteiger partial charge in [-0.1, -0.05) is 29.4 Å². The van der Waals surface area contributed by atoms with Crippen LogP contribution in [0.1, 0.15) is 77.0 Å². The molecule has 0 spiro atoms. The molecule has 1 aromatic heterocycles. The minimum absolute atomic E-state index is 0.183. The van der Waals surface area contributed by atoms with Gasteiger partial charge in [0.1, 0.15) is 17.9 Å². The number of hydrogen-bond acceptors (Lipinski definition) is 9. The van der Waals surface area contributed by atoms with Gasteiger partial charge in [0.05, 0.1) is 28.9 Å². The molecule has 2 aliphatic rings. The number of nitriles is 1. The Hall–Kier alpha value is -5.34. The Balaban J connectivity index is 1.15. The molecule has 10 nitrogen and oxygen atoms in total. The van der Waals surface area contributed by atoms with Gasteiger partial charge >= 0.3 is 0 Å². The zero-order chi connectivity index (χ0) is 36.3. The summed E-state index contributed by atoms with van der Waals surface area (Å²) in [4.78, 5) is 39.9. The summed E-state index contributed by atoms with van der Waals surface area (Å²) in [6, 6.07) is 19.5. The number of aryl methyl sites for hydroxylation is 3. The van der Waals surface area contributed by atoms with Crippen molar-refractivity contribution in [2.75, 3.05) is 30.4 Å². The number of halogens is 1. The number of likely N-dealkylation sites (N-methyl/N-ethyl adjacent to an activating group) is 1. The van der Waals surface area contributed by atoms with Gasteiger partial charge in [0, 0.05) is 48.6 Å². The number of aromatic nitrogens is 1. The van der Waals surface area contributed by atoms with E-state index in [9.17, 15) is 19.6 Å². The second-order valence-corrected chi connectivity index (χ2v) is 13.8. The Bertz CT molecular complexity index is 1980. The molecular weight excluding hydrogens is 647 g/mol. The molecular formula is C40H43FN6O4. The van der Waals surface area contributed by atoms with E-state index in [1.54, 1.807) is 11.9 Å². The summed E-state index contributed by atoms with van der Waals surface area (Å²) in [5.74, 6) is -0.409. The summed E-state index contributed by atoms with van der Waals surface area (Å²) in [5.41, 5.74) is 7.73. The van der Waals surface area contributed by atoms with Crippen LogP contribution in [0.4, 0.5) is 21.5 Å². The lowest BCUT2D eigenvalue weighted by Gasteiger charge is -2.30. The van der Waals surface area contributed by atoms with E-state index in [-0.39, 0.29) is 35.9 Å². The van der Waals surface area contributed by atoms with Crippen LogP contribution in [0, 0.1) is 37.9 Å². The molecule has 2 fully saturated rings. The third-order valence-corrected chi connectivity index (χ3v) is 10.2. The summed E-state index contributed by atoms with van der Waals surface area (Å²) >= 11 is 0. The number of piperidine rings is 1. The number of carbonyl (C=O) groups excluding carboxylic acids is 3. The van der Waals surface area contributed by atoms with E-state index < -0.39 is 11.9 Å². The maximum absolute atomic E-state index is 15.3. The van der Waals surface area contributed by atoms with Gasteiger partial charge in [0.15, 0.2) is 0 Å². The van der Waals surface area contributed by atoms with Gasteiger partial charge in [0.2, 0.25) is 11.8 Å². The average molecular weight is 691 g/mol. The highest BCUT2D eigenvalue weighted by atomic mass is 19.1. The fraction of sp³-hybridized carbons (Fsp3) is 0.375. The van der Waals surface area contributed by atoms with E-state index in [0.29, 0.717) is 36.9 Å². The maximum atomic E-state index is 15.3. The number of nitrogens with zero attached hydrogens (tertiary/aromatic N) is 4. The number of rotatable bonds is 14. The Kier molecular flexibility index (Phi) is 10.3. The van der Waals surface area contributed by atoms with Crippen molar-refractivity contribution in [3.63, 3.8) is 0 Å². The van der Waals surface area contributed by atoms with Crippen LogP contribution >= 0.6 is 0 Å². The molecule has 1 saturated carbocycles. The molecule has 3 aromatic carbocycles. The van der Waals surface area contributed by atoms with Crippen molar-refractivity contribution < 1.29 is 23.3 Å². The lowest BCUT2D eigenvalue weighted by atomic mass is 9.97. The number of hydrogen-bond donors (Lipinski definition) is 2. The van der Waals surface area contributed by atoms with Crippen molar-refractivity contribution in [2.24, 2.45) is 0 Å². The van der Waals surface area contributed by atoms with Crippen molar-refractivity contribution in [1.82, 2.24) is 15.4 Å². The number of nitrogens with one attached hydrogen (secondary N) is 2. The van der Waals surface area contributed by atoms with Gasteiger partial charge in [-0.15, -0.1) is 0 Å². The number of aldehydes is 1. The van der Waals surface area contributed by atoms with Crippen molar-refractivity contribution >= 4 is 35.2 Å². The topological polar surface area (TPSA) is 132 Å². The van der Waals surface area contributed by atoms with Crippen molar-refractivity contribution in [3.05, 3.63) is 94.1 Å². The molecule has 2 N–H and O–H groups in total. The number of imide groups is 1. The maximum Gasteiger partial charge on any atom is 0.243 e. The zero-order valence-electron chi connectivity index (χ0n) is 29.5. The highest BCUT2D eigenvalue weighted by molar-refractivity contribution is 6.00. The summed E-state index contributed by atoms with van der Waals surface area (Å²) in [5, 5.41) is 19.4. The van der Waals surface area contributed by atoms with Crippen LogP contribution in [0.2, 0.25) is 0 Å². The monoisotopic (exact) mass is 690 g/mol. The lowest BCUT2D eigenvalue weighted by molar-refractivity contribution is -0.137. The van der Waals surface area contributed by atoms with Crippen LogP contribution in [-0.4, -0.2) is 54.3 Å². The highest BCUT2D eigenvalue weighted by Crippen LogP contribution is 2.48. The van der Waals surface area contributed by atoms with Crippen LogP contribution in [0.25, 0.3) is 11.1 Å². The van der Waals surface area contributed by atoms with Crippen molar-refractivity contribution in [2.45, 2.75) is 77.3 Å². The predicted octanol–water partition coefficient (Wildman–Crippen LogP) is 7.04. The minimum atomic E-state index is -0.532. The zero-order valence-corrected chi connectivity index (χ0v) is 29.5. The summed E-state index contributed by atoms with van der Waals surface area (Å²) in [6.07, 6.45) is 4.58. The molecule has 1 atom stereocenters. The Labute approximate surface area is 297 Å². The van der Waals surface area contributed by atoms with E-state index in [1.807, 2.05) is 13.8 Å². The number of benzene rings is 3. The normalized spacial score (nSPS) is 16.5. The standard InChI is InChI=1S/C40H43FN6O4/c1-25-7-8-28(38-26(2)45-51-27(38)3)21-36(25)47(32-11-9-31(10-12-32)40(24-42)15-16-40)18-6-5-17-43-34-20-30(23-48)29(19-33(34)41)22-46(4)35-13-14-37(49)44-39(35)50/h7-12,19-21,23,35,43H,5-6,13-18,22H2,1-4H3,(H,44,49,50). The number of carbonyl (C=O) groups is 3. The SMILES string of the molecule is Cc1ccc(-c2c(C)noc2C)cc1N(CCCCNc1cc(C=O)c(CN(C)C2CCC(=O)NC2=O)cc1F)c1ccc(C2(C#N)CC2)cc1. The Morgan fingerprint density at radius 1 is 1.10 bits per heavy atom. The van der Waals surface area contributed by atoms with Gasteiger partial charge in [-0.2, -0.15) is 5.26 Å². The van der Waals surface area contributed by atoms with Gasteiger partial charge in [0.25, 0.3) is 0 Å². The molecule has 1 aliphatic carbocycles.